The number of rotatable bonds is 1. The average Bonchev–Trinajstić information content (AvgIpc) is 2.89. The van der Waals surface area contributed by atoms with Gasteiger partial charge in [-0.1, -0.05) is 12.8 Å². The summed E-state index contributed by atoms with van der Waals surface area (Å²) in [5, 5.41) is 0. The topological polar surface area (TPSA) is 46.3 Å². The van der Waals surface area contributed by atoms with E-state index in [1.54, 1.807) is 0 Å². The van der Waals surface area contributed by atoms with E-state index in [0.717, 1.165) is 25.9 Å². The van der Waals surface area contributed by atoms with E-state index in [0.29, 0.717) is 5.41 Å². The Balaban J connectivity index is 1.60. The summed E-state index contributed by atoms with van der Waals surface area (Å²) in [6.45, 7) is 1.91. The number of amides is 1. The van der Waals surface area contributed by atoms with Crippen LogP contribution in [0, 0.1) is 5.41 Å². The zero-order valence-corrected chi connectivity index (χ0v) is 10.0. The lowest BCUT2D eigenvalue weighted by Gasteiger charge is -2.40. The van der Waals surface area contributed by atoms with Crippen LogP contribution in [-0.4, -0.2) is 29.4 Å². The Hall–Kier alpha value is -0.570. The molecule has 1 amide bonds. The minimum atomic E-state index is -0.458. The van der Waals surface area contributed by atoms with Gasteiger partial charge in [0.15, 0.2) is 0 Å². The summed E-state index contributed by atoms with van der Waals surface area (Å²) in [6, 6.07) is 0. The van der Waals surface area contributed by atoms with Gasteiger partial charge in [0.2, 0.25) is 5.91 Å². The molecule has 1 saturated heterocycles. The highest BCUT2D eigenvalue weighted by Crippen LogP contribution is 2.46. The van der Waals surface area contributed by atoms with Crippen molar-refractivity contribution >= 4 is 5.91 Å². The van der Waals surface area contributed by atoms with Gasteiger partial charge in [0.1, 0.15) is 0 Å². The first kappa shape index (κ1) is 10.6. The summed E-state index contributed by atoms with van der Waals surface area (Å²) < 4.78 is 0. The summed E-state index contributed by atoms with van der Waals surface area (Å²) in [5.74, 6) is 0.223. The molecule has 0 aromatic rings. The third kappa shape index (κ3) is 1.65. The summed E-state index contributed by atoms with van der Waals surface area (Å²) in [6.07, 6.45) is 9.81. The Kier molecular flexibility index (Phi) is 2.29. The quantitative estimate of drug-likeness (QED) is 0.733. The molecule has 3 aliphatic rings. The van der Waals surface area contributed by atoms with Crippen molar-refractivity contribution in [2.24, 2.45) is 11.1 Å². The lowest BCUT2D eigenvalue weighted by molar-refractivity contribution is -0.135. The molecule has 1 heterocycles. The van der Waals surface area contributed by atoms with Crippen LogP contribution in [0.4, 0.5) is 0 Å². The standard InChI is InChI=1S/C13H22N2O/c14-13(5-6-13)11(16)15-9-7-12(8-10-15)3-1-2-4-12/h1-10,14H2. The molecule has 1 aliphatic heterocycles. The molecule has 1 spiro atoms. The first-order chi connectivity index (χ1) is 7.64. The number of carbonyl (C=O) groups is 1. The molecule has 3 heteroatoms. The van der Waals surface area contributed by atoms with E-state index < -0.39 is 5.54 Å². The van der Waals surface area contributed by atoms with E-state index in [1.165, 1.54) is 38.5 Å². The van der Waals surface area contributed by atoms with Gasteiger partial charge in [-0.25, -0.2) is 0 Å². The van der Waals surface area contributed by atoms with Crippen molar-refractivity contribution in [1.82, 2.24) is 4.90 Å². The number of hydrogen-bond acceptors (Lipinski definition) is 2. The largest absolute Gasteiger partial charge is 0.341 e. The number of piperidine rings is 1. The van der Waals surface area contributed by atoms with Gasteiger partial charge in [0, 0.05) is 13.1 Å². The van der Waals surface area contributed by atoms with Gasteiger partial charge in [-0.15, -0.1) is 0 Å². The maximum atomic E-state index is 12.1. The normalized spacial score (nSPS) is 30.7. The first-order valence-corrected chi connectivity index (χ1v) is 6.72. The molecular weight excluding hydrogens is 200 g/mol. The molecule has 0 unspecified atom stereocenters. The van der Waals surface area contributed by atoms with Crippen LogP contribution >= 0.6 is 0 Å². The van der Waals surface area contributed by atoms with Crippen LogP contribution in [0.1, 0.15) is 51.4 Å². The van der Waals surface area contributed by atoms with Crippen molar-refractivity contribution in [3.63, 3.8) is 0 Å². The molecule has 0 bridgehead atoms. The van der Waals surface area contributed by atoms with Crippen LogP contribution in [0.2, 0.25) is 0 Å². The fourth-order valence-corrected chi connectivity index (χ4v) is 3.47. The number of nitrogens with two attached hydrogens (primary N) is 1. The molecule has 16 heavy (non-hydrogen) atoms. The smallest absolute Gasteiger partial charge is 0.242 e. The van der Waals surface area contributed by atoms with Crippen molar-refractivity contribution in [3.05, 3.63) is 0 Å². The van der Waals surface area contributed by atoms with E-state index in [4.69, 9.17) is 5.73 Å². The number of carbonyl (C=O) groups excluding carboxylic acids is 1. The predicted octanol–water partition coefficient (Wildman–Crippen LogP) is 1.66. The maximum Gasteiger partial charge on any atom is 0.242 e. The third-order valence-corrected chi connectivity index (χ3v) is 4.99. The average molecular weight is 222 g/mol. The SMILES string of the molecule is NC1(C(=O)N2CCC3(CCCC3)CC2)CC1. The minimum absolute atomic E-state index is 0.223. The number of likely N-dealkylation sites (tertiary alicyclic amines) is 1. The van der Waals surface area contributed by atoms with Crippen LogP contribution in [0.25, 0.3) is 0 Å². The van der Waals surface area contributed by atoms with Crippen molar-refractivity contribution < 1.29 is 4.79 Å². The first-order valence-electron chi connectivity index (χ1n) is 6.72. The second kappa shape index (κ2) is 3.46. The van der Waals surface area contributed by atoms with Gasteiger partial charge in [0.05, 0.1) is 5.54 Å². The number of hydrogen-bond donors (Lipinski definition) is 1. The molecule has 0 radical (unpaired) electrons. The van der Waals surface area contributed by atoms with Gasteiger partial charge in [-0.05, 0) is 43.9 Å². The monoisotopic (exact) mass is 222 g/mol. The highest BCUT2D eigenvalue weighted by molar-refractivity contribution is 5.89. The van der Waals surface area contributed by atoms with Crippen LogP contribution in [0.5, 0.6) is 0 Å². The minimum Gasteiger partial charge on any atom is -0.341 e. The summed E-state index contributed by atoms with van der Waals surface area (Å²) in [7, 11) is 0. The van der Waals surface area contributed by atoms with E-state index in [2.05, 4.69) is 0 Å². The Labute approximate surface area is 97.4 Å². The summed E-state index contributed by atoms with van der Waals surface area (Å²) in [5.41, 5.74) is 6.12. The fraction of sp³-hybridized carbons (Fsp3) is 0.923. The van der Waals surface area contributed by atoms with Crippen LogP contribution in [0.15, 0.2) is 0 Å². The van der Waals surface area contributed by atoms with Gasteiger partial charge in [0.25, 0.3) is 0 Å². The molecule has 3 fully saturated rings. The zero-order valence-electron chi connectivity index (χ0n) is 10.0. The molecule has 2 saturated carbocycles. The molecule has 3 rings (SSSR count). The van der Waals surface area contributed by atoms with Crippen molar-refractivity contribution in [1.29, 1.82) is 0 Å². The molecule has 90 valence electrons. The van der Waals surface area contributed by atoms with Crippen molar-refractivity contribution in [2.45, 2.75) is 56.9 Å². The lowest BCUT2D eigenvalue weighted by Crippen LogP contribution is -2.50. The summed E-state index contributed by atoms with van der Waals surface area (Å²) >= 11 is 0. The fourth-order valence-electron chi connectivity index (χ4n) is 3.47. The Morgan fingerprint density at radius 2 is 1.50 bits per heavy atom. The molecule has 0 aromatic carbocycles. The molecule has 2 N–H and O–H groups in total. The Morgan fingerprint density at radius 3 is 2.00 bits per heavy atom. The van der Waals surface area contributed by atoms with E-state index in [9.17, 15) is 4.79 Å². The van der Waals surface area contributed by atoms with E-state index >= 15 is 0 Å². The summed E-state index contributed by atoms with van der Waals surface area (Å²) in [4.78, 5) is 14.1. The van der Waals surface area contributed by atoms with E-state index in [-0.39, 0.29) is 5.91 Å². The van der Waals surface area contributed by atoms with Gasteiger partial charge >= 0.3 is 0 Å². The highest BCUT2D eigenvalue weighted by atomic mass is 16.2. The molecule has 3 nitrogen and oxygen atoms in total. The van der Waals surface area contributed by atoms with E-state index in [1.807, 2.05) is 4.90 Å². The van der Waals surface area contributed by atoms with Crippen molar-refractivity contribution in [3.8, 4) is 0 Å². The van der Waals surface area contributed by atoms with Crippen molar-refractivity contribution in [2.75, 3.05) is 13.1 Å². The van der Waals surface area contributed by atoms with Crippen LogP contribution in [-0.2, 0) is 4.79 Å². The molecule has 0 aromatic heterocycles. The molecular formula is C13H22N2O. The predicted molar refractivity (Wildman–Crippen MR) is 62.9 cm³/mol. The highest BCUT2D eigenvalue weighted by Gasteiger charge is 2.49. The Bertz CT molecular complexity index is 293. The van der Waals surface area contributed by atoms with Crippen LogP contribution < -0.4 is 5.73 Å². The lowest BCUT2D eigenvalue weighted by atomic mass is 9.77. The van der Waals surface area contributed by atoms with Gasteiger partial charge in [-0.2, -0.15) is 0 Å². The number of nitrogens with zero attached hydrogens (tertiary/aromatic N) is 1. The van der Waals surface area contributed by atoms with Gasteiger partial charge in [-0.3, -0.25) is 4.79 Å². The zero-order chi connectivity index (χ0) is 11.2. The third-order valence-electron chi connectivity index (χ3n) is 4.99. The van der Waals surface area contributed by atoms with Crippen LogP contribution in [0.3, 0.4) is 0 Å². The van der Waals surface area contributed by atoms with Gasteiger partial charge < -0.3 is 10.6 Å². The molecule has 2 aliphatic carbocycles. The second-order valence-corrected chi connectivity index (χ2v) is 6.16. The maximum absolute atomic E-state index is 12.1. The Morgan fingerprint density at radius 1 is 0.938 bits per heavy atom. The second-order valence-electron chi connectivity index (χ2n) is 6.16. The molecule has 0 atom stereocenters.